The SMILES string of the molecule is Clc1ccc(COc2ccc(Nc3ncnc4onc(-c5ccccc5)c34)cc2)cc1. The quantitative estimate of drug-likeness (QED) is 0.344. The summed E-state index contributed by atoms with van der Waals surface area (Å²) in [6, 6.07) is 25.1. The van der Waals surface area contributed by atoms with Gasteiger partial charge in [0.15, 0.2) is 0 Å². The molecule has 0 aliphatic heterocycles. The molecular weight excluding hydrogens is 412 g/mol. The van der Waals surface area contributed by atoms with Crippen molar-refractivity contribution in [3.05, 3.63) is 95.8 Å². The molecule has 152 valence electrons. The van der Waals surface area contributed by atoms with Crippen molar-refractivity contribution in [1.29, 1.82) is 0 Å². The van der Waals surface area contributed by atoms with Crippen LogP contribution >= 0.6 is 11.6 Å². The zero-order chi connectivity index (χ0) is 21.0. The van der Waals surface area contributed by atoms with Crippen molar-refractivity contribution in [1.82, 2.24) is 15.1 Å². The second-order valence-corrected chi connectivity index (χ2v) is 7.30. The molecular formula is C24H17ClN4O2. The highest BCUT2D eigenvalue weighted by Gasteiger charge is 2.16. The van der Waals surface area contributed by atoms with Crippen molar-refractivity contribution in [2.45, 2.75) is 6.61 Å². The number of rotatable bonds is 6. The first-order valence-electron chi connectivity index (χ1n) is 9.66. The van der Waals surface area contributed by atoms with Crippen LogP contribution in [0.4, 0.5) is 11.5 Å². The molecule has 0 atom stereocenters. The van der Waals surface area contributed by atoms with E-state index in [0.29, 0.717) is 28.9 Å². The van der Waals surface area contributed by atoms with Gasteiger partial charge in [-0.3, -0.25) is 0 Å². The van der Waals surface area contributed by atoms with Crippen LogP contribution in [0.2, 0.25) is 5.02 Å². The number of fused-ring (bicyclic) bond motifs is 1. The van der Waals surface area contributed by atoms with E-state index in [1.807, 2.05) is 78.9 Å². The summed E-state index contributed by atoms with van der Waals surface area (Å²) in [4.78, 5) is 8.60. The molecule has 6 nitrogen and oxygen atoms in total. The molecule has 0 saturated heterocycles. The largest absolute Gasteiger partial charge is 0.489 e. The van der Waals surface area contributed by atoms with Crippen LogP contribution in [-0.4, -0.2) is 15.1 Å². The zero-order valence-corrected chi connectivity index (χ0v) is 17.1. The summed E-state index contributed by atoms with van der Waals surface area (Å²) in [5.41, 5.74) is 3.97. The van der Waals surface area contributed by atoms with E-state index in [-0.39, 0.29) is 0 Å². The normalized spacial score (nSPS) is 10.9. The van der Waals surface area contributed by atoms with E-state index in [2.05, 4.69) is 20.4 Å². The molecule has 1 N–H and O–H groups in total. The minimum absolute atomic E-state index is 0.430. The third-order valence-electron chi connectivity index (χ3n) is 4.76. The minimum atomic E-state index is 0.430. The first kappa shape index (κ1) is 19.1. The van der Waals surface area contributed by atoms with Crippen LogP contribution < -0.4 is 10.1 Å². The fraction of sp³-hybridized carbons (Fsp3) is 0.0417. The second-order valence-electron chi connectivity index (χ2n) is 6.86. The Morgan fingerprint density at radius 2 is 1.65 bits per heavy atom. The lowest BCUT2D eigenvalue weighted by atomic mass is 10.1. The molecule has 5 aromatic rings. The van der Waals surface area contributed by atoms with Crippen LogP contribution in [-0.2, 0) is 6.61 Å². The van der Waals surface area contributed by atoms with E-state index in [9.17, 15) is 0 Å². The topological polar surface area (TPSA) is 73.1 Å². The van der Waals surface area contributed by atoms with Gasteiger partial charge < -0.3 is 14.6 Å². The maximum atomic E-state index is 5.92. The maximum Gasteiger partial charge on any atom is 0.263 e. The molecule has 0 aliphatic rings. The van der Waals surface area contributed by atoms with E-state index in [0.717, 1.165) is 28.0 Å². The zero-order valence-electron chi connectivity index (χ0n) is 16.3. The van der Waals surface area contributed by atoms with E-state index in [1.54, 1.807) is 0 Å². The Labute approximate surface area is 183 Å². The van der Waals surface area contributed by atoms with Crippen molar-refractivity contribution >= 4 is 34.2 Å². The Kier molecular flexibility index (Phi) is 5.21. The highest BCUT2D eigenvalue weighted by molar-refractivity contribution is 6.30. The lowest BCUT2D eigenvalue weighted by Crippen LogP contribution is -1.97. The summed E-state index contributed by atoms with van der Waals surface area (Å²) < 4.78 is 11.3. The fourth-order valence-electron chi connectivity index (χ4n) is 3.19. The van der Waals surface area contributed by atoms with Gasteiger partial charge in [0.1, 0.15) is 35.6 Å². The molecule has 0 saturated carbocycles. The smallest absolute Gasteiger partial charge is 0.263 e. The lowest BCUT2D eigenvalue weighted by molar-refractivity contribution is 0.306. The van der Waals surface area contributed by atoms with Gasteiger partial charge in [0.05, 0.1) is 0 Å². The molecule has 2 aromatic heterocycles. The van der Waals surface area contributed by atoms with E-state index in [4.69, 9.17) is 20.9 Å². The molecule has 0 aliphatic carbocycles. The number of ether oxygens (including phenoxy) is 1. The fourth-order valence-corrected chi connectivity index (χ4v) is 3.32. The first-order valence-corrected chi connectivity index (χ1v) is 10.0. The highest BCUT2D eigenvalue weighted by Crippen LogP contribution is 2.32. The van der Waals surface area contributed by atoms with Gasteiger partial charge >= 0.3 is 0 Å². The summed E-state index contributed by atoms with van der Waals surface area (Å²) >= 11 is 5.92. The van der Waals surface area contributed by atoms with Crippen molar-refractivity contribution in [2.24, 2.45) is 0 Å². The number of hydrogen-bond acceptors (Lipinski definition) is 6. The Hall–Kier alpha value is -3.90. The van der Waals surface area contributed by atoms with Gasteiger partial charge in [-0.2, -0.15) is 4.98 Å². The van der Waals surface area contributed by atoms with Gasteiger partial charge in [-0.05, 0) is 42.0 Å². The molecule has 0 unspecified atom stereocenters. The van der Waals surface area contributed by atoms with Gasteiger partial charge in [0.2, 0.25) is 0 Å². The van der Waals surface area contributed by atoms with Crippen LogP contribution in [0.5, 0.6) is 5.75 Å². The molecule has 2 heterocycles. The molecule has 0 amide bonds. The molecule has 0 bridgehead atoms. The van der Waals surface area contributed by atoms with E-state index in [1.165, 1.54) is 6.33 Å². The third kappa shape index (κ3) is 4.20. The Morgan fingerprint density at radius 3 is 2.42 bits per heavy atom. The Balaban J connectivity index is 1.35. The summed E-state index contributed by atoms with van der Waals surface area (Å²) in [6.45, 7) is 0.470. The van der Waals surface area contributed by atoms with Crippen molar-refractivity contribution in [2.75, 3.05) is 5.32 Å². The first-order chi connectivity index (χ1) is 15.3. The predicted molar refractivity (Wildman–Crippen MR) is 121 cm³/mol. The monoisotopic (exact) mass is 428 g/mol. The number of halogens is 1. The van der Waals surface area contributed by atoms with E-state index >= 15 is 0 Å². The van der Waals surface area contributed by atoms with Crippen LogP contribution in [0.15, 0.2) is 89.7 Å². The van der Waals surface area contributed by atoms with Crippen molar-refractivity contribution in [3.8, 4) is 17.0 Å². The second kappa shape index (κ2) is 8.45. The number of anilines is 2. The highest BCUT2D eigenvalue weighted by atomic mass is 35.5. The number of nitrogens with zero attached hydrogens (tertiary/aromatic N) is 3. The summed E-state index contributed by atoms with van der Waals surface area (Å²) in [5.74, 6) is 1.39. The van der Waals surface area contributed by atoms with Crippen molar-refractivity contribution < 1.29 is 9.26 Å². The summed E-state index contributed by atoms with van der Waals surface area (Å²) in [5, 5.41) is 8.97. The predicted octanol–water partition coefficient (Wildman–Crippen LogP) is 6.26. The van der Waals surface area contributed by atoms with Crippen LogP contribution in [0.3, 0.4) is 0 Å². The standard InChI is InChI=1S/C24H17ClN4O2/c25-18-8-6-16(7-9-18)14-30-20-12-10-19(11-13-20)28-23-21-22(17-4-2-1-3-5-17)29-31-24(21)27-15-26-23/h1-13,15H,14H2,(H,26,27,28). The van der Waals surface area contributed by atoms with Gasteiger partial charge in [-0.25, -0.2) is 4.98 Å². The van der Waals surface area contributed by atoms with Gasteiger partial charge in [-0.1, -0.05) is 59.2 Å². The maximum absolute atomic E-state index is 5.92. The van der Waals surface area contributed by atoms with Crippen LogP contribution in [0, 0.1) is 0 Å². The minimum Gasteiger partial charge on any atom is -0.489 e. The number of hydrogen-bond donors (Lipinski definition) is 1. The average Bonchev–Trinajstić information content (AvgIpc) is 3.26. The molecule has 5 rings (SSSR count). The molecule has 31 heavy (non-hydrogen) atoms. The lowest BCUT2D eigenvalue weighted by Gasteiger charge is -2.09. The molecule has 0 fully saturated rings. The van der Waals surface area contributed by atoms with Crippen molar-refractivity contribution in [3.63, 3.8) is 0 Å². The van der Waals surface area contributed by atoms with Crippen LogP contribution in [0.1, 0.15) is 5.56 Å². The van der Waals surface area contributed by atoms with Gasteiger partial charge in [0, 0.05) is 16.3 Å². The number of nitrogens with one attached hydrogen (secondary N) is 1. The van der Waals surface area contributed by atoms with Gasteiger partial charge in [-0.15, -0.1) is 0 Å². The average molecular weight is 429 g/mol. The summed E-state index contributed by atoms with van der Waals surface area (Å²) in [7, 11) is 0. The molecule has 7 heteroatoms. The van der Waals surface area contributed by atoms with E-state index < -0.39 is 0 Å². The van der Waals surface area contributed by atoms with Gasteiger partial charge in [0.25, 0.3) is 5.71 Å². The third-order valence-corrected chi connectivity index (χ3v) is 5.01. The Morgan fingerprint density at radius 1 is 0.871 bits per heavy atom. The van der Waals surface area contributed by atoms with Crippen LogP contribution in [0.25, 0.3) is 22.4 Å². The number of aromatic nitrogens is 3. The molecule has 0 spiro atoms. The summed E-state index contributed by atoms with van der Waals surface area (Å²) in [6.07, 6.45) is 1.45. The molecule has 3 aromatic carbocycles. The number of benzene rings is 3. The molecule has 0 radical (unpaired) electrons. The Bertz CT molecular complexity index is 1300.